The average molecular weight is 425 g/mol. The topological polar surface area (TPSA) is 77.5 Å². The van der Waals surface area contributed by atoms with Crippen LogP contribution in [0.1, 0.15) is 18.4 Å². The average Bonchev–Trinajstić information content (AvgIpc) is 3.40. The Labute approximate surface area is 181 Å². The molecular formula is C24H27NO6. The fraction of sp³-hybridized carbons (Fsp3) is 0.458. The number of rotatable bonds is 5. The summed E-state index contributed by atoms with van der Waals surface area (Å²) < 4.78 is 22.1. The highest BCUT2D eigenvalue weighted by Gasteiger charge is 2.43. The van der Waals surface area contributed by atoms with Crippen LogP contribution in [0.3, 0.4) is 0 Å². The van der Waals surface area contributed by atoms with Crippen LogP contribution in [0.15, 0.2) is 42.5 Å². The van der Waals surface area contributed by atoms with E-state index in [1.807, 2.05) is 41.3 Å². The number of carbonyl (C=O) groups is 1. The monoisotopic (exact) mass is 425 g/mol. The molecule has 7 nitrogen and oxygen atoms in total. The minimum Gasteiger partial charge on any atom is -0.497 e. The number of ether oxygens (including phenoxy) is 4. The van der Waals surface area contributed by atoms with Gasteiger partial charge in [-0.1, -0.05) is 12.1 Å². The van der Waals surface area contributed by atoms with Crippen LogP contribution in [-0.4, -0.2) is 55.1 Å². The van der Waals surface area contributed by atoms with Crippen molar-refractivity contribution in [1.29, 1.82) is 0 Å². The maximum Gasteiger partial charge on any atom is 0.231 e. The number of carbonyl (C=O) groups excluding carboxylic acids is 1. The highest BCUT2D eigenvalue weighted by Crippen LogP contribution is 2.40. The first-order valence-electron chi connectivity index (χ1n) is 10.7. The second-order valence-electron chi connectivity index (χ2n) is 8.56. The van der Waals surface area contributed by atoms with Crippen LogP contribution in [0.5, 0.6) is 23.0 Å². The number of benzene rings is 2. The van der Waals surface area contributed by atoms with Gasteiger partial charge in [-0.15, -0.1) is 0 Å². The van der Waals surface area contributed by atoms with Gasteiger partial charge in [0.15, 0.2) is 11.5 Å². The van der Waals surface area contributed by atoms with Crippen LogP contribution in [0.25, 0.3) is 0 Å². The second kappa shape index (κ2) is 8.30. The fourth-order valence-corrected chi connectivity index (χ4v) is 4.91. The van der Waals surface area contributed by atoms with E-state index in [1.54, 1.807) is 13.2 Å². The highest BCUT2D eigenvalue weighted by molar-refractivity contribution is 5.79. The van der Waals surface area contributed by atoms with E-state index in [2.05, 4.69) is 0 Å². The van der Waals surface area contributed by atoms with Crippen LogP contribution in [0.4, 0.5) is 0 Å². The summed E-state index contributed by atoms with van der Waals surface area (Å²) in [6, 6.07) is 13.1. The molecule has 0 spiro atoms. The van der Waals surface area contributed by atoms with E-state index < -0.39 is 6.10 Å². The number of aliphatic hydroxyl groups is 1. The van der Waals surface area contributed by atoms with Gasteiger partial charge in [0.1, 0.15) is 17.6 Å². The van der Waals surface area contributed by atoms with Crippen molar-refractivity contribution >= 4 is 5.91 Å². The van der Waals surface area contributed by atoms with E-state index in [-0.39, 0.29) is 18.8 Å². The largest absolute Gasteiger partial charge is 0.497 e. The molecule has 0 bridgehead atoms. The molecule has 1 aliphatic carbocycles. The molecule has 3 aliphatic rings. The van der Waals surface area contributed by atoms with Crippen molar-refractivity contribution in [2.75, 3.05) is 27.0 Å². The summed E-state index contributed by atoms with van der Waals surface area (Å²) in [5.74, 6) is 3.54. The molecule has 31 heavy (non-hydrogen) atoms. The minimum absolute atomic E-state index is 0.116. The number of hydrogen-bond acceptors (Lipinski definition) is 6. The Kier molecular flexibility index (Phi) is 5.36. The summed E-state index contributed by atoms with van der Waals surface area (Å²) in [5.41, 5.74) is 0.947. The molecular weight excluding hydrogens is 398 g/mol. The normalized spacial score (nSPS) is 26.5. The summed E-state index contributed by atoms with van der Waals surface area (Å²) in [4.78, 5) is 14.8. The highest BCUT2D eigenvalue weighted by atomic mass is 16.7. The molecule has 1 amide bonds. The first-order chi connectivity index (χ1) is 15.1. The number of likely N-dealkylation sites (tertiary alicyclic amines) is 1. The lowest BCUT2D eigenvalue weighted by Crippen LogP contribution is -2.42. The van der Waals surface area contributed by atoms with E-state index in [0.29, 0.717) is 55.0 Å². The summed E-state index contributed by atoms with van der Waals surface area (Å²) in [6.45, 7) is 1.62. The van der Waals surface area contributed by atoms with Crippen LogP contribution in [-0.2, 0) is 11.2 Å². The summed E-state index contributed by atoms with van der Waals surface area (Å²) in [6.07, 6.45) is 0.873. The molecule has 7 heteroatoms. The maximum absolute atomic E-state index is 12.9. The number of aliphatic hydroxyl groups excluding tert-OH is 1. The van der Waals surface area contributed by atoms with Crippen LogP contribution >= 0.6 is 0 Å². The van der Waals surface area contributed by atoms with Gasteiger partial charge in [0.25, 0.3) is 0 Å². The van der Waals surface area contributed by atoms with Gasteiger partial charge < -0.3 is 29.0 Å². The fourth-order valence-electron chi connectivity index (χ4n) is 4.91. The number of fused-ring (bicyclic) bond motifs is 2. The first-order valence-corrected chi connectivity index (χ1v) is 10.7. The zero-order valence-corrected chi connectivity index (χ0v) is 17.5. The van der Waals surface area contributed by atoms with Gasteiger partial charge >= 0.3 is 0 Å². The van der Waals surface area contributed by atoms with Gasteiger partial charge in [0.05, 0.1) is 19.6 Å². The lowest BCUT2D eigenvalue weighted by atomic mass is 9.78. The van der Waals surface area contributed by atoms with Crippen molar-refractivity contribution in [2.45, 2.75) is 31.5 Å². The van der Waals surface area contributed by atoms with Crippen molar-refractivity contribution < 1.29 is 28.8 Å². The minimum atomic E-state index is -0.555. The summed E-state index contributed by atoms with van der Waals surface area (Å²) >= 11 is 0. The zero-order chi connectivity index (χ0) is 21.4. The van der Waals surface area contributed by atoms with Crippen LogP contribution in [0, 0.1) is 11.8 Å². The number of hydrogen-bond donors (Lipinski definition) is 1. The molecule has 0 radical (unpaired) electrons. The molecule has 0 aromatic heterocycles. The lowest BCUT2D eigenvalue weighted by Gasteiger charge is -2.35. The Balaban J connectivity index is 1.20. The summed E-state index contributed by atoms with van der Waals surface area (Å²) in [5, 5.41) is 10.7. The molecule has 1 saturated carbocycles. The Morgan fingerprint density at radius 2 is 1.87 bits per heavy atom. The predicted molar refractivity (Wildman–Crippen MR) is 112 cm³/mol. The predicted octanol–water partition coefficient (Wildman–Crippen LogP) is 2.64. The summed E-state index contributed by atoms with van der Waals surface area (Å²) in [7, 11) is 1.62. The second-order valence-corrected chi connectivity index (χ2v) is 8.56. The standard InChI is InChI=1S/C24H27NO6/c1-28-18-4-2-3-15(7-18)8-24(27)25-12-16-9-20(26)22(10-17(16)13-25)31-19-5-6-21-23(11-19)30-14-29-21/h2-7,11,16-17,20,22,26H,8-10,12-14H2,1H3/t16-,17+,20+,22+/m0/s1. The van der Waals surface area contributed by atoms with E-state index in [9.17, 15) is 9.90 Å². The Hall–Kier alpha value is -2.93. The smallest absolute Gasteiger partial charge is 0.231 e. The molecule has 2 aromatic carbocycles. The SMILES string of the molecule is COc1cccc(CC(=O)N2C[C@H]3C[C@@H](Oc4ccc5c(c4)OCO5)[C@H](O)C[C@H]3C2)c1. The van der Waals surface area contributed by atoms with Gasteiger partial charge in [0, 0.05) is 19.2 Å². The number of nitrogens with zero attached hydrogens (tertiary/aromatic N) is 1. The zero-order valence-electron chi connectivity index (χ0n) is 17.5. The van der Waals surface area contributed by atoms with Crippen molar-refractivity contribution in [1.82, 2.24) is 4.90 Å². The molecule has 164 valence electrons. The third-order valence-electron chi connectivity index (χ3n) is 6.56. The molecule has 4 atom stereocenters. The van der Waals surface area contributed by atoms with Gasteiger partial charge in [0.2, 0.25) is 12.7 Å². The van der Waals surface area contributed by atoms with Crippen molar-refractivity contribution in [3.05, 3.63) is 48.0 Å². The van der Waals surface area contributed by atoms with Crippen LogP contribution in [0.2, 0.25) is 0 Å². The third-order valence-corrected chi connectivity index (χ3v) is 6.56. The van der Waals surface area contributed by atoms with Crippen molar-refractivity contribution in [3.63, 3.8) is 0 Å². The van der Waals surface area contributed by atoms with Crippen LogP contribution < -0.4 is 18.9 Å². The quantitative estimate of drug-likeness (QED) is 0.794. The van der Waals surface area contributed by atoms with E-state index in [4.69, 9.17) is 18.9 Å². The lowest BCUT2D eigenvalue weighted by molar-refractivity contribution is -0.129. The van der Waals surface area contributed by atoms with Crippen molar-refractivity contribution in [2.24, 2.45) is 11.8 Å². The number of amides is 1. The van der Waals surface area contributed by atoms with E-state index in [0.717, 1.165) is 17.7 Å². The Morgan fingerprint density at radius 3 is 2.71 bits per heavy atom. The molecule has 2 aromatic rings. The maximum atomic E-state index is 12.9. The van der Waals surface area contributed by atoms with Crippen molar-refractivity contribution in [3.8, 4) is 23.0 Å². The third kappa shape index (κ3) is 4.14. The van der Waals surface area contributed by atoms with E-state index in [1.165, 1.54) is 0 Å². The molecule has 0 unspecified atom stereocenters. The van der Waals surface area contributed by atoms with Gasteiger partial charge in [-0.3, -0.25) is 4.79 Å². The van der Waals surface area contributed by atoms with Gasteiger partial charge in [-0.2, -0.15) is 0 Å². The van der Waals surface area contributed by atoms with Gasteiger partial charge in [-0.05, 0) is 54.5 Å². The Bertz CT molecular complexity index is 963. The number of methoxy groups -OCH3 is 1. The Morgan fingerprint density at radius 1 is 1.06 bits per heavy atom. The molecule has 2 fully saturated rings. The molecule has 2 aliphatic heterocycles. The van der Waals surface area contributed by atoms with E-state index >= 15 is 0 Å². The first kappa shape index (κ1) is 20.0. The van der Waals surface area contributed by atoms with Gasteiger partial charge in [-0.25, -0.2) is 0 Å². The molecule has 1 N–H and O–H groups in total. The molecule has 1 saturated heterocycles. The molecule has 2 heterocycles. The molecule has 5 rings (SSSR count).